The summed E-state index contributed by atoms with van der Waals surface area (Å²) in [5.74, 6) is 6.13. The van der Waals surface area contributed by atoms with Crippen LogP contribution in [0.5, 0.6) is 5.75 Å². The van der Waals surface area contributed by atoms with Gasteiger partial charge in [-0.3, -0.25) is 20.3 Å². The van der Waals surface area contributed by atoms with Gasteiger partial charge in [0.25, 0.3) is 11.8 Å². The number of likely N-dealkylation sites (tertiary alicyclic amines) is 1. The molecule has 0 bridgehead atoms. The maximum atomic E-state index is 13.0. The number of ether oxygens (including phenoxy) is 1. The zero-order chi connectivity index (χ0) is 25.3. The van der Waals surface area contributed by atoms with Crippen LogP contribution in [0.4, 0.5) is 4.79 Å². The largest absolute Gasteiger partial charge is 0.497 e. The molecule has 0 radical (unpaired) electrons. The Balaban J connectivity index is 1.36. The van der Waals surface area contributed by atoms with Crippen LogP contribution in [-0.2, 0) is 11.3 Å². The second-order valence-electron chi connectivity index (χ2n) is 9.22. The van der Waals surface area contributed by atoms with Gasteiger partial charge in [-0.15, -0.1) is 0 Å². The van der Waals surface area contributed by atoms with E-state index >= 15 is 0 Å². The Hall–Kier alpha value is -4.32. The van der Waals surface area contributed by atoms with Crippen molar-refractivity contribution < 1.29 is 19.1 Å². The van der Waals surface area contributed by atoms with E-state index in [0.717, 1.165) is 37.1 Å². The molecule has 1 atom stereocenters. The highest BCUT2D eigenvalue weighted by Gasteiger charge is 2.48. The van der Waals surface area contributed by atoms with Crippen molar-refractivity contribution in [1.29, 1.82) is 5.41 Å². The number of amides is 4. The maximum absolute atomic E-state index is 13.0. The molecule has 3 aliphatic rings. The fourth-order valence-electron chi connectivity index (χ4n) is 4.80. The Morgan fingerprint density at radius 3 is 2.50 bits per heavy atom. The molecule has 184 valence electrons. The number of fused-ring (bicyclic) bond motifs is 1. The lowest BCUT2D eigenvalue weighted by Gasteiger charge is -2.29. The summed E-state index contributed by atoms with van der Waals surface area (Å²) in [6, 6.07) is 11.9. The van der Waals surface area contributed by atoms with Crippen LogP contribution in [0.15, 0.2) is 42.5 Å². The average molecular weight is 486 g/mol. The zero-order valence-corrected chi connectivity index (χ0v) is 20.0. The lowest BCUT2D eigenvalue weighted by atomic mass is 9.98. The molecule has 3 aliphatic heterocycles. The molecule has 9 nitrogen and oxygen atoms in total. The van der Waals surface area contributed by atoms with Gasteiger partial charge >= 0.3 is 6.03 Å². The lowest BCUT2D eigenvalue weighted by Crippen LogP contribution is -2.54. The molecule has 36 heavy (non-hydrogen) atoms. The molecule has 0 spiro atoms. The third-order valence-electron chi connectivity index (χ3n) is 6.82. The Kier molecular flexibility index (Phi) is 6.10. The van der Waals surface area contributed by atoms with Crippen molar-refractivity contribution in [1.82, 2.24) is 20.4 Å². The fourth-order valence-corrected chi connectivity index (χ4v) is 4.80. The van der Waals surface area contributed by atoms with E-state index in [1.54, 1.807) is 24.3 Å². The van der Waals surface area contributed by atoms with Gasteiger partial charge in [0.1, 0.15) is 11.6 Å². The summed E-state index contributed by atoms with van der Waals surface area (Å²) in [5, 5.41) is 13.4. The average Bonchev–Trinajstić information content (AvgIpc) is 3.36. The first-order valence-corrected chi connectivity index (χ1v) is 12.0. The van der Waals surface area contributed by atoms with Gasteiger partial charge in [-0.25, -0.2) is 4.79 Å². The topological polar surface area (TPSA) is 115 Å². The first kappa shape index (κ1) is 23.4. The number of benzene rings is 2. The minimum absolute atomic E-state index is 0.0922. The quantitative estimate of drug-likeness (QED) is 0.266. The number of rotatable bonds is 4. The van der Waals surface area contributed by atoms with Crippen molar-refractivity contribution in [3.05, 3.63) is 64.7 Å². The minimum atomic E-state index is -1.57. The van der Waals surface area contributed by atoms with Gasteiger partial charge < -0.3 is 19.9 Å². The molecule has 3 N–H and O–H groups in total. The number of hydrogen-bond acceptors (Lipinski definition) is 5. The van der Waals surface area contributed by atoms with Crippen LogP contribution in [-0.4, -0.2) is 65.8 Å². The van der Waals surface area contributed by atoms with Gasteiger partial charge in [0.15, 0.2) is 0 Å². The van der Waals surface area contributed by atoms with Crippen molar-refractivity contribution in [3.63, 3.8) is 0 Å². The molecule has 2 saturated heterocycles. The lowest BCUT2D eigenvalue weighted by molar-refractivity contribution is -0.122. The highest BCUT2D eigenvalue weighted by molar-refractivity contribution is 6.10. The summed E-state index contributed by atoms with van der Waals surface area (Å²) in [6.45, 7) is 2.00. The van der Waals surface area contributed by atoms with Gasteiger partial charge in [0.2, 0.25) is 5.54 Å². The number of methoxy groups -OCH3 is 1. The number of hydrogen-bond donors (Lipinski definition) is 3. The number of nitrogens with zero attached hydrogens (tertiary/aromatic N) is 2. The van der Waals surface area contributed by atoms with E-state index in [4.69, 9.17) is 10.1 Å². The molecule has 0 aliphatic carbocycles. The number of carbonyl (C=O) groups is 3. The Morgan fingerprint density at radius 1 is 1.08 bits per heavy atom. The van der Waals surface area contributed by atoms with E-state index in [1.165, 1.54) is 18.4 Å². The fraction of sp³-hybridized carbons (Fsp3) is 0.333. The van der Waals surface area contributed by atoms with Crippen LogP contribution < -0.4 is 15.4 Å². The molecule has 1 unspecified atom stereocenters. The molecular formula is C27H27N5O4. The number of urea groups is 1. The first-order valence-electron chi connectivity index (χ1n) is 12.0. The van der Waals surface area contributed by atoms with Crippen LogP contribution in [0.1, 0.15) is 46.3 Å². The molecule has 2 aromatic rings. The van der Waals surface area contributed by atoms with Gasteiger partial charge in [-0.1, -0.05) is 30.0 Å². The summed E-state index contributed by atoms with van der Waals surface area (Å²) in [7, 11) is 1.53. The third kappa shape index (κ3) is 4.38. The number of nitrogens with one attached hydrogen (secondary N) is 3. The molecule has 9 heteroatoms. The van der Waals surface area contributed by atoms with Crippen molar-refractivity contribution in [2.24, 2.45) is 0 Å². The van der Waals surface area contributed by atoms with Crippen LogP contribution in [0.3, 0.4) is 0 Å². The molecule has 3 heterocycles. The molecule has 2 fully saturated rings. The van der Waals surface area contributed by atoms with Crippen LogP contribution >= 0.6 is 0 Å². The monoisotopic (exact) mass is 485 g/mol. The van der Waals surface area contributed by atoms with E-state index in [0.29, 0.717) is 29.3 Å². The number of amidine groups is 1. The minimum Gasteiger partial charge on any atom is -0.497 e. The third-order valence-corrected chi connectivity index (χ3v) is 6.82. The highest BCUT2D eigenvalue weighted by atomic mass is 16.5. The Morgan fingerprint density at radius 2 is 1.83 bits per heavy atom. The predicted molar refractivity (Wildman–Crippen MR) is 133 cm³/mol. The smallest absolute Gasteiger partial charge is 0.323 e. The molecule has 5 rings (SSSR count). The van der Waals surface area contributed by atoms with Crippen molar-refractivity contribution in [3.8, 4) is 17.6 Å². The van der Waals surface area contributed by atoms with E-state index in [-0.39, 0.29) is 12.5 Å². The highest BCUT2D eigenvalue weighted by Crippen LogP contribution is 2.28. The van der Waals surface area contributed by atoms with E-state index in [2.05, 4.69) is 27.4 Å². The second kappa shape index (κ2) is 9.38. The standard InChI is InChI=1S/C27H27N5O4/c1-36-21-10-9-20-16-32(24(33)22(20)15-21)17-27(25(34)29-26(35)30-27)12-11-18-5-7-19(8-6-18)23(28)31-13-3-2-4-14-31/h5-10,15,28H,2-4,13-14,16-17H2,1H3,(H2,29,30,34,35). The van der Waals surface area contributed by atoms with Gasteiger partial charge in [-0.2, -0.15) is 0 Å². The zero-order valence-electron chi connectivity index (χ0n) is 20.0. The summed E-state index contributed by atoms with van der Waals surface area (Å²) >= 11 is 0. The van der Waals surface area contributed by atoms with Crippen LogP contribution in [0.25, 0.3) is 0 Å². The molecule has 4 amide bonds. The Labute approximate surface area is 209 Å². The molecular weight excluding hydrogens is 458 g/mol. The second-order valence-corrected chi connectivity index (χ2v) is 9.22. The van der Waals surface area contributed by atoms with Gasteiger partial charge in [0, 0.05) is 36.3 Å². The summed E-state index contributed by atoms with van der Waals surface area (Å²) in [6.07, 6.45) is 3.40. The number of imide groups is 1. The number of piperidine rings is 1. The van der Waals surface area contributed by atoms with Crippen LogP contribution in [0.2, 0.25) is 0 Å². The van der Waals surface area contributed by atoms with E-state index in [1.807, 2.05) is 18.2 Å². The molecule has 0 aromatic heterocycles. The van der Waals surface area contributed by atoms with Crippen molar-refractivity contribution in [2.75, 3.05) is 26.7 Å². The summed E-state index contributed by atoms with van der Waals surface area (Å²) in [5.41, 5.74) is 1.20. The van der Waals surface area contributed by atoms with Crippen LogP contribution in [0, 0.1) is 17.3 Å². The summed E-state index contributed by atoms with van der Waals surface area (Å²) in [4.78, 5) is 41.5. The summed E-state index contributed by atoms with van der Waals surface area (Å²) < 4.78 is 5.22. The number of carbonyl (C=O) groups excluding carboxylic acids is 3. The first-order chi connectivity index (χ1) is 17.4. The normalized spacial score (nSPS) is 20.9. The predicted octanol–water partition coefficient (Wildman–Crippen LogP) is 2.09. The SMILES string of the molecule is COc1ccc2c(c1)C(=O)N(CC1(C#Cc3ccc(C(=N)N4CCCCC4)cc3)NC(=O)NC1=O)C2. The van der Waals surface area contributed by atoms with Crippen molar-refractivity contribution in [2.45, 2.75) is 31.3 Å². The van der Waals surface area contributed by atoms with E-state index < -0.39 is 17.5 Å². The van der Waals surface area contributed by atoms with Gasteiger partial charge in [0.05, 0.1) is 13.7 Å². The molecule has 0 saturated carbocycles. The molecule has 2 aromatic carbocycles. The van der Waals surface area contributed by atoms with E-state index in [9.17, 15) is 14.4 Å². The maximum Gasteiger partial charge on any atom is 0.323 e. The Bertz CT molecular complexity index is 1300. The van der Waals surface area contributed by atoms with Crippen molar-refractivity contribution >= 4 is 23.7 Å². The van der Waals surface area contributed by atoms with Gasteiger partial charge in [-0.05, 0) is 49.1 Å².